The molecule has 6 atom stereocenters. The molecule has 24 heavy (non-hydrogen) atoms. The molecule has 5 nitrogen and oxygen atoms in total. The molecule has 0 heterocycles. The Hall–Kier alpha value is -1.61. The second-order valence-electron chi connectivity index (χ2n) is 8.17. The van der Waals surface area contributed by atoms with Crippen molar-refractivity contribution in [3.8, 4) is 0 Å². The number of fused-ring (bicyclic) bond motifs is 2. The Bertz CT molecular complexity index is 544. The summed E-state index contributed by atoms with van der Waals surface area (Å²) >= 11 is 0. The lowest BCUT2D eigenvalue weighted by molar-refractivity contribution is -0.173. The second kappa shape index (κ2) is 7.10. The lowest BCUT2D eigenvalue weighted by atomic mass is 9.69. The fourth-order valence-electron chi connectivity index (χ4n) is 4.40. The van der Waals surface area contributed by atoms with Crippen molar-refractivity contribution >= 4 is 17.8 Å². The van der Waals surface area contributed by atoms with Gasteiger partial charge in [-0.2, -0.15) is 0 Å². The minimum Gasteiger partial charge on any atom is -0.465 e. The number of carbonyl (C=O) groups is 2. The maximum Gasteiger partial charge on any atom is 0.310 e. The first-order valence-corrected chi connectivity index (χ1v) is 8.80. The lowest BCUT2D eigenvalue weighted by Gasteiger charge is -2.37. The van der Waals surface area contributed by atoms with Gasteiger partial charge in [0.2, 0.25) is 0 Å². The molecule has 134 valence electrons. The van der Waals surface area contributed by atoms with Crippen molar-refractivity contribution < 1.29 is 19.1 Å². The van der Waals surface area contributed by atoms with E-state index in [4.69, 9.17) is 14.9 Å². The summed E-state index contributed by atoms with van der Waals surface area (Å²) in [7, 11) is 0. The Kier molecular flexibility index (Phi) is 5.54. The zero-order valence-corrected chi connectivity index (χ0v) is 15.3. The molecule has 0 radical (unpaired) electrons. The van der Waals surface area contributed by atoms with Crippen LogP contribution in [0.2, 0.25) is 0 Å². The highest BCUT2D eigenvalue weighted by molar-refractivity contribution is 5.84. The summed E-state index contributed by atoms with van der Waals surface area (Å²) in [5.74, 6) is 2.00. The molecule has 2 aliphatic carbocycles. The maximum atomic E-state index is 12.7. The fourth-order valence-corrected chi connectivity index (χ4v) is 4.40. The molecule has 0 saturated heterocycles. The van der Waals surface area contributed by atoms with E-state index in [1.165, 1.54) is 6.08 Å². The highest BCUT2D eigenvalue weighted by Gasteiger charge is 2.61. The summed E-state index contributed by atoms with van der Waals surface area (Å²) in [4.78, 5) is 25.3. The van der Waals surface area contributed by atoms with Gasteiger partial charge in [0.15, 0.2) is 0 Å². The summed E-state index contributed by atoms with van der Waals surface area (Å²) in [6.07, 6.45) is 2.88. The van der Waals surface area contributed by atoms with Gasteiger partial charge in [0.05, 0.1) is 18.4 Å². The lowest BCUT2D eigenvalue weighted by Crippen LogP contribution is -2.44. The zero-order chi connectivity index (χ0) is 18.1. The van der Waals surface area contributed by atoms with Gasteiger partial charge in [0, 0.05) is 6.42 Å². The standard InChI is InChI=1S/C19H29NO4/c1-11-12(2)14-10-13(11)15(17(21)23-9-7-6-8-20)16(14)18(22)24-19(3,4)5/h6,11-16,20H,7,9-10H2,1-5H3. The van der Waals surface area contributed by atoms with Crippen molar-refractivity contribution in [1.82, 2.24) is 0 Å². The van der Waals surface area contributed by atoms with E-state index in [1.807, 2.05) is 20.8 Å². The third kappa shape index (κ3) is 3.72. The van der Waals surface area contributed by atoms with Gasteiger partial charge in [0.1, 0.15) is 5.60 Å². The van der Waals surface area contributed by atoms with Crippen LogP contribution in [0.25, 0.3) is 0 Å². The second-order valence-corrected chi connectivity index (χ2v) is 8.17. The molecule has 0 aromatic heterocycles. The highest BCUT2D eigenvalue weighted by Crippen LogP contribution is 2.58. The van der Waals surface area contributed by atoms with Gasteiger partial charge in [-0.25, -0.2) is 0 Å². The van der Waals surface area contributed by atoms with E-state index in [9.17, 15) is 9.59 Å². The Morgan fingerprint density at radius 1 is 1.12 bits per heavy atom. The quantitative estimate of drug-likeness (QED) is 0.475. The molecule has 2 fully saturated rings. The molecule has 5 heteroatoms. The van der Waals surface area contributed by atoms with Crippen LogP contribution in [0.3, 0.4) is 0 Å². The van der Waals surface area contributed by atoms with Crippen LogP contribution >= 0.6 is 0 Å². The minimum absolute atomic E-state index is 0.188. The number of nitrogens with one attached hydrogen (secondary N) is 1. The molecule has 2 bridgehead atoms. The Morgan fingerprint density at radius 3 is 2.17 bits per heavy atom. The van der Waals surface area contributed by atoms with Crippen molar-refractivity contribution in [2.24, 2.45) is 35.5 Å². The van der Waals surface area contributed by atoms with Crippen LogP contribution in [0, 0.1) is 40.9 Å². The fraction of sp³-hybridized carbons (Fsp3) is 0.789. The summed E-state index contributed by atoms with van der Waals surface area (Å²) in [5, 5.41) is 6.84. The van der Waals surface area contributed by atoms with Crippen molar-refractivity contribution in [1.29, 1.82) is 5.41 Å². The predicted octanol–water partition coefficient (Wildman–Crippen LogP) is 3.22. The van der Waals surface area contributed by atoms with Crippen LogP contribution in [0.1, 0.15) is 47.5 Å². The maximum absolute atomic E-state index is 12.7. The molecule has 0 aliphatic heterocycles. The molecule has 0 amide bonds. The number of rotatable bonds is 5. The highest BCUT2D eigenvalue weighted by atomic mass is 16.6. The van der Waals surface area contributed by atoms with Crippen molar-refractivity contribution in [2.45, 2.75) is 53.1 Å². The van der Waals surface area contributed by atoms with Crippen molar-refractivity contribution in [2.75, 3.05) is 6.61 Å². The molecule has 0 spiro atoms. The van der Waals surface area contributed by atoms with Gasteiger partial charge in [-0.1, -0.05) is 13.8 Å². The van der Waals surface area contributed by atoms with Crippen molar-refractivity contribution in [3.05, 3.63) is 6.08 Å². The third-order valence-corrected chi connectivity index (χ3v) is 5.59. The first kappa shape index (κ1) is 18.7. The van der Waals surface area contributed by atoms with E-state index in [0.29, 0.717) is 18.3 Å². The van der Waals surface area contributed by atoms with E-state index in [-0.39, 0.29) is 30.4 Å². The van der Waals surface area contributed by atoms with E-state index in [1.54, 1.807) is 0 Å². The van der Waals surface area contributed by atoms with Crippen LogP contribution in [0.15, 0.2) is 6.08 Å². The number of esters is 2. The van der Waals surface area contributed by atoms with Crippen LogP contribution < -0.4 is 0 Å². The van der Waals surface area contributed by atoms with Gasteiger partial charge >= 0.3 is 11.9 Å². The molecule has 1 N–H and O–H groups in total. The normalized spacial score (nSPS) is 34.5. The Balaban J connectivity index is 2.14. The Morgan fingerprint density at radius 2 is 1.67 bits per heavy atom. The van der Waals surface area contributed by atoms with Crippen LogP contribution in [0.5, 0.6) is 0 Å². The van der Waals surface area contributed by atoms with Gasteiger partial charge in [-0.05, 0) is 62.8 Å². The summed E-state index contributed by atoms with van der Waals surface area (Å²) < 4.78 is 11.0. The summed E-state index contributed by atoms with van der Waals surface area (Å²) in [6.45, 7) is 10.1. The van der Waals surface area contributed by atoms with Crippen molar-refractivity contribution in [3.63, 3.8) is 0 Å². The van der Waals surface area contributed by atoms with E-state index < -0.39 is 17.4 Å². The van der Waals surface area contributed by atoms with E-state index in [0.717, 1.165) is 6.42 Å². The van der Waals surface area contributed by atoms with Gasteiger partial charge < -0.3 is 9.47 Å². The smallest absolute Gasteiger partial charge is 0.310 e. The number of carbonyl (C=O) groups excluding carboxylic acids is 2. The average molecular weight is 335 g/mol. The molecular weight excluding hydrogens is 306 g/mol. The monoisotopic (exact) mass is 335 g/mol. The number of ether oxygens (including phenoxy) is 2. The van der Waals surface area contributed by atoms with Crippen LogP contribution in [-0.2, 0) is 19.1 Å². The average Bonchev–Trinajstić information content (AvgIpc) is 2.99. The molecule has 0 aromatic rings. The van der Waals surface area contributed by atoms with Crippen LogP contribution in [0.4, 0.5) is 0 Å². The molecule has 6 unspecified atom stereocenters. The summed E-state index contributed by atoms with van der Waals surface area (Å²) in [6, 6.07) is 0. The first-order valence-electron chi connectivity index (χ1n) is 8.80. The topological polar surface area (TPSA) is 76.5 Å². The van der Waals surface area contributed by atoms with E-state index >= 15 is 0 Å². The largest absolute Gasteiger partial charge is 0.465 e. The molecule has 2 aliphatic rings. The predicted molar refractivity (Wildman–Crippen MR) is 90.6 cm³/mol. The molecule has 0 aromatic carbocycles. The number of hydrogen-bond acceptors (Lipinski definition) is 5. The summed E-state index contributed by atoms with van der Waals surface area (Å²) in [5.41, 5.74) is -0.559. The van der Waals surface area contributed by atoms with E-state index in [2.05, 4.69) is 19.7 Å². The first-order chi connectivity index (χ1) is 11.2. The zero-order valence-electron chi connectivity index (χ0n) is 15.3. The molecule has 2 rings (SSSR count). The number of hydrogen-bond donors (Lipinski definition) is 1. The third-order valence-electron chi connectivity index (χ3n) is 5.59. The van der Waals surface area contributed by atoms with Gasteiger partial charge in [-0.15, -0.1) is 0 Å². The molecular formula is C19H29NO4. The Labute approximate surface area is 144 Å². The SMILES string of the molecule is CC1C(C)C2CC1C(C(=O)OCCC=C=N)C2C(=O)OC(C)(C)C. The minimum atomic E-state index is -0.559. The van der Waals surface area contributed by atoms with Crippen LogP contribution in [-0.4, -0.2) is 30.0 Å². The van der Waals surface area contributed by atoms with Gasteiger partial charge in [0.25, 0.3) is 0 Å². The van der Waals surface area contributed by atoms with Gasteiger partial charge in [-0.3, -0.25) is 15.0 Å². The molecule has 2 saturated carbocycles.